The van der Waals surface area contributed by atoms with E-state index in [0.717, 1.165) is 30.2 Å². The Morgan fingerprint density at radius 1 is 1.44 bits per heavy atom. The molecule has 0 bridgehead atoms. The van der Waals surface area contributed by atoms with Crippen LogP contribution in [0.25, 0.3) is 11.5 Å². The monoisotopic (exact) mass is 246 g/mol. The van der Waals surface area contributed by atoms with Crippen molar-refractivity contribution < 1.29 is 0 Å². The first-order valence-electron chi connectivity index (χ1n) is 6.34. The SMILES string of the molecule is CC(C)n1cnnc1-c1cnc(C2(N)CCC2)[nH]1. The fourth-order valence-corrected chi connectivity index (χ4v) is 2.30. The van der Waals surface area contributed by atoms with E-state index in [2.05, 4.69) is 34.0 Å². The van der Waals surface area contributed by atoms with Crippen LogP contribution in [0.1, 0.15) is 45.0 Å². The molecular weight excluding hydrogens is 228 g/mol. The van der Waals surface area contributed by atoms with Crippen molar-refractivity contribution in [3.63, 3.8) is 0 Å². The molecular formula is C12H18N6. The Morgan fingerprint density at radius 2 is 2.22 bits per heavy atom. The van der Waals surface area contributed by atoms with E-state index in [9.17, 15) is 0 Å². The number of H-pyrrole nitrogens is 1. The van der Waals surface area contributed by atoms with Crippen molar-refractivity contribution in [2.24, 2.45) is 5.73 Å². The standard InChI is InChI=1S/C12H18N6/c1-8(2)18-7-15-17-10(18)9-6-14-11(16-9)12(13)4-3-5-12/h6-8H,3-5,13H2,1-2H3,(H,14,16). The van der Waals surface area contributed by atoms with Crippen LogP contribution in [0.2, 0.25) is 0 Å². The van der Waals surface area contributed by atoms with Gasteiger partial charge in [-0.2, -0.15) is 0 Å². The van der Waals surface area contributed by atoms with Gasteiger partial charge in [-0.25, -0.2) is 4.98 Å². The molecule has 3 N–H and O–H groups in total. The van der Waals surface area contributed by atoms with E-state index in [1.165, 1.54) is 6.42 Å². The van der Waals surface area contributed by atoms with Gasteiger partial charge in [0, 0.05) is 6.04 Å². The van der Waals surface area contributed by atoms with Crippen LogP contribution in [-0.2, 0) is 5.54 Å². The number of hydrogen-bond acceptors (Lipinski definition) is 4. The Labute approximate surface area is 106 Å². The van der Waals surface area contributed by atoms with E-state index in [0.29, 0.717) is 6.04 Å². The molecule has 0 spiro atoms. The van der Waals surface area contributed by atoms with E-state index in [1.807, 2.05) is 4.57 Å². The number of aromatic amines is 1. The number of hydrogen-bond donors (Lipinski definition) is 2. The largest absolute Gasteiger partial charge is 0.338 e. The average Bonchev–Trinajstić information content (AvgIpc) is 2.93. The zero-order valence-electron chi connectivity index (χ0n) is 10.7. The first-order chi connectivity index (χ1) is 8.60. The van der Waals surface area contributed by atoms with Crippen molar-refractivity contribution in [1.29, 1.82) is 0 Å². The maximum atomic E-state index is 6.25. The molecule has 0 amide bonds. The average molecular weight is 246 g/mol. The maximum Gasteiger partial charge on any atom is 0.182 e. The van der Waals surface area contributed by atoms with Crippen molar-refractivity contribution >= 4 is 0 Å². The zero-order chi connectivity index (χ0) is 12.8. The molecule has 96 valence electrons. The van der Waals surface area contributed by atoms with Crippen molar-refractivity contribution in [3.8, 4) is 11.5 Å². The lowest BCUT2D eigenvalue weighted by molar-refractivity contribution is 0.240. The number of rotatable bonds is 3. The Bertz CT molecular complexity index is 548. The minimum Gasteiger partial charge on any atom is -0.338 e. The van der Waals surface area contributed by atoms with Crippen LogP contribution >= 0.6 is 0 Å². The molecule has 1 fully saturated rings. The highest BCUT2D eigenvalue weighted by molar-refractivity contribution is 5.48. The van der Waals surface area contributed by atoms with Gasteiger partial charge in [0.15, 0.2) is 5.82 Å². The van der Waals surface area contributed by atoms with E-state index in [4.69, 9.17) is 5.73 Å². The summed E-state index contributed by atoms with van der Waals surface area (Å²) >= 11 is 0. The molecule has 0 saturated heterocycles. The highest BCUT2D eigenvalue weighted by atomic mass is 15.3. The lowest BCUT2D eigenvalue weighted by atomic mass is 9.77. The molecule has 18 heavy (non-hydrogen) atoms. The normalized spacial score (nSPS) is 18.0. The molecule has 0 aromatic carbocycles. The molecule has 2 heterocycles. The topological polar surface area (TPSA) is 85.4 Å². The van der Waals surface area contributed by atoms with Crippen molar-refractivity contribution in [1.82, 2.24) is 24.7 Å². The second kappa shape index (κ2) is 3.91. The van der Waals surface area contributed by atoms with Crippen LogP contribution in [-0.4, -0.2) is 24.7 Å². The molecule has 2 aromatic heterocycles. The number of nitrogens with zero attached hydrogens (tertiary/aromatic N) is 4. The maximum absolute atomic E-state index is 6.25. The van der Waals surface area contributed by atoms with E-state index in [-0.39, 0.29) is 5.54 Å². The third-order valence-electron chi connectivity index (χ3n) is 3.66. The molecule has 0 radical (unpaired) electrons. The van der Waals surface area contributed by atoms with Crippen molar-refractivity contribution in [2.75, 3.05) is 0 Å². The summed E-state index contributed by atoms with van der Waals surface area (Å²) in [6, 6.07) is 0.317. The summed E-state index contributed by atoms with van der Waals surface area (Å²) in [6.07, 6.45) is 6.70. The summed E-state index contributed by atoms with van der Waals surface area (Å²) in [7, 11) is 0. The quantitative estimate of drug-likeness (QED) is 0.861. The number of imidazole rings is 1. The Hall–Kier alpha value is -1.69. The first kappa shape index (κ1) is 11.4. The van der Waals surface area contributed by atoms with Gasteiger partial charge < -0.3 is 15.3 Å². The van der Waals surface area contributed by atoms with Gasteiger partial charge in [0.2, 0.25) is 0 Å². The van der Waals surface area contributed by atoms with Gasteiger partial charge in [-0.1, -0.05) is 0 Å². The Kier molecular flexibility index (Phi) is 2.48. The summed E-state index contributed by atoms with van der Waals surface area (Å²) in [4.78, 5) is 7.70. The molecule has 0 aliphatic heterocycles. The summed E-state index contributed by atoms with van der Waals surface area (Å²) in [5.74, 6) is 1.67. The van der Waals surface area contributed by atoms with Gasteiger partial charge in [0.25, 0.3) is 0 Å². The summed E-state index contributed by atoms with van der Waals surface area (Å²) in [5.41, 5.74) is 6.87. The molecule has 0 unspecified atom stereocenters. The molecule has 6 heteroatoms. The lowest BCUT2D eigenvalue weighted by Crippen LogP contribution is -2.44. The van der Waals surface area contributed by atoms with Gasteiger partial charge in [-0.05, 0) is 33.1 Å². The smallest absolute Gasteiger partial charge is 0.182 e. The van der Waals surface area contributed by atoms with Crippen molar-refractivity contribution in [3.05, 3.63) is 18.3 Å². The van der Waals surface area contributed by atoms with E-state index >= 15 is 0 Å². The highest BCUT2D eigenvalue weighted by Gasteiger charge is 2.37. The van der Waals surface area contributed by atoms with Gasteiger partial charge in [0.05, 0.1) is 11.7 Å². The first-order valence-corrected chi connectivity index (χ1v) is 6.34. The number of aromatic nitrogens is 5. The van der Waals surface area contributed by atoms with Crippen LogP contribution in [0.3, 0.4) is 0 Å². The summed E-state index contributed by atoms with van der Waals surface area (Å²) in [5, 5.41) is 8.11. The molecule has 0 atom stereocenters. The molecule has 1 aliphatic rings. The van der Waals surface area contributed by atoms with Gasteiger partial charge >= 0.3 is 0 Å². The Morgan fingerprint density at radius 3 is 2.83 bits per heavy atom. The van der Waals surface area contributed by atoms with Gasteiger partial charge in [-0.15, -0.1) is 10.2 Å². The molecule has 1 aliphatic carbocycles. The fraction of sp³-hybridized carbons (Fsp3) is 0.583. The van der Waals surface area contributed by atoms with E-state index in [1.54, 1.807) is 12.5 Å². The Balaban J connectivity index is 1.95. The predicted octanol–water partition coefficient (Wildman–Crippen LogP) is 1.59. The molecule has 3 rings (SSSR count). The predicted molar refractivity (Wildman–Crippen MR) is 67.7 cm³/mol. The van der Waals surface area contributed by atoms with Gasteiger partial charge in [-0.3, -0.25) is 0 Å². The third-order valence-corrected chi connectivity index (χ3v) is 3.66. The second-order valence-electron chi connectivity index (χ2n) is 5.31. The highest BCUT2D eigenvalue weighted by Crippen LogP contribution is 2.37. The van der Waals surface area contributed by atoms with Crippen LogP contribution in [0.4, 0.5) is 0 Å². The van der Waals surface area contributed by atoms with Crippen LogP contribution in [0.5, 0.6) is 0 Å². The molecule has 6 nitrogen and oxygen atoms in total. The summed E-state index contributed by atoms with van der Waals surface area (Å²) in [6.45, 7) is 4.20. The third kappa shape index (κ3) is 1.64. The summed E-state index contributed by atoms with van der Waals surface area (Å²) < 4.78 is 2.02. The van der Waals surface area contributed by atoms with E-state index < -0.39 is 0 Å². The zero-order valence-corrected chi connectivity index (χ0v) is 10.7. The van der Waals surface area contributed by atoms with Crippen LogP contribution in [0.15, 0.2) is 12.5 Å². The minimum absolute atomic E-state index is 0.263. The van der Waals surface area contributed by atoms with Crippen molar-refractivity contribution in [2.45, 2.75) is 44.7 Å². The minimum atomic E-state index is -0.263. The molecule has 2 aromatic rings. The molecule has 1 saturated carbocycles. The fourth-order valence-electron chi connectivity index (χ4n) is 2.30. The van der Waals surface area contributed by atoms with Gasteiger partial charge in [0.1, 0.15) is 17.8 Å². The van der Waals surface area contributed by atoms with Crippen LogP contribution < -0.4 is 5.73 Å². The second-order valence-corrected chi connectivity index (χ2v) is 5.31. The van der Waals surface area contributed by atoms with Crippen LogP contribution in [0, 0.1) is 0 Å². The number of nitrogens with one attached hydrogen (secondary N) is 1. The number of nitrogens with two attached hydrogens (primary N) is 1. The lowest BCUT2D eigenvalue weighted by Gasteiger charge is -2.35.